The van der Waals surface area contributed by atoms with E-state index >= 15 is 0 Å². The Morgan fingerprint density at radius 3 is 2.92 bits per heavy atom. The molecule has 0 amide bonds. The minimum Gasteiger partial charge on any atom is -0.454 e. The van der Waals surface area contributed by atoms with Crippen molar-refractivity contribution in [1.82, 2.24) is 5.32 Å². The summed E-state index contributed by atoms with van der Waals surface area (Å²) in [5.41, 5.74) is 2.03. The smallest absolute Gasteiger partial charge is 0.231 e. The summed E-state index contributed by atoms with van der Waals surface area (Å²) < 4.78 is 29.1. The van der Waals surface area contributed by atoms with Crippen LogP contribution in [0.1, 0.15) is 30.8 Å². The molecule has 0 saturated carbocycles. The van der Waals surface area contributed by atoms with Gasteiger partial charge in [-0.2, -0.15) is 0 Å². The van der Waals surface area contributed by atoms with Gasteiger partial charge in [0.1, 0.15) is 0 Å². The van der Waals surface area contributed by atoms with Crippen LogP contribution in [0, 0.1) is 0 Å². The van der Waals surface area contributed by atoms with Crippen LogP contribution in [0.4, 0.5) is 0 Å². The van der Waals surface area contributed by atoms with E-state index in [0.717, 1.165) is 30.0 Å². The standard InChI is InChI=1S/C19H23NO5/c1-3-22-18-12-7-14-15(24-10-23-14)8-13(12)19-5-4-11(21-2)6-16(19)20-9-17(19)25-18/h4-5,7-8,11,16-18,20H,3,6,9-10H2,1-2H3/t11-,16+,17+,18+,19+/m0/s1. The maximum atomic E-state index is 6.39. The Bertz CT molecular complexity index is 720. The largest absolute Gasteiger partial charge is 0.454 e. The topological polar surface area (TPSA) is 58.2 Å². The molecule has 0 radical (unpaired) electrons. The summed E-state index contributed by atoms with van der Waals surface area (Å²) in [5.74, 6) is 1.57. The number of hydrogen-bond acceptors (Lipinski definition) is 6. The molecule has 5 atom stereocenters. The van der Waals surface area contributed by atoms with Crippen LogP contribution in [0.15, 0.2) is 24.3 Å². The third kappa shape index (κ3) is 2.11. The molecule has 5 rings (SSSR count). The molecule has 4 aliphatic rings. The Morgan fingerprint density at radius 1 is 1.28 bits per heavy atom. The fraction of sp³-hybridized carbons (Fsp3) is 0.579. The van der Waals surface area contributed by atoms with E-state index in [2.05, 4.69) is 23.5 Å². The lowest BCUT2D eigenvalue weighted by molar-refractivity contribution is -0.189. The van der Waals surface area contributed by atoms with Crippen molar-refractivity contribution >= 4 is 0 Å². The number of rotatable bonds is 3. The molecule has 0 aromatic heterocycles. The van der Waals surface area contributed by atoms with Gasteiger partial charge >= 0.3 is 0 Å². The van der Waals surface area contributed by atoms with Crippen molar-refractivity contribution in [2.75, 3.05) is 27.1 Å². The molecule has 3 heterocycles. The molecular formula is C19H23NO5. The van der Waals surface area contributed by atoms with E-state index < -0.39 is 0 Å². The van der Waals surface area contributed by atoms with E-state index in [4.69, 9.17) is 23.7 Å². The van der Waals surface area contributed by atoms with Crippen LogP contribution < -0.4 is 14.8 Å². The Balaban J connectivity index is 1.68. The number of nitrogens with one attached hydrogen (secondary N) is 1. The highest BCUT2D eigenvalue weighted by Crippen LogP contribution is 2.53. The van der Waals surface area contributed by atoms with Gasteiger partial charge in [-0.3, -0.25) is 0 Å². The Hall–Kier alpha value is -1.60. The average Bonchev–Trinajstić information content (AvgIpc) is 3.24. The summed E-state index contributed by atoms with van der Waals surface area (Å²) in [6.45, 7) is 3.64. The summed E-state index contributed by atoms with van der Waals surface area (Å²) in [5, 5.41) is 3.64. The van der Waals surface area contributed by atoms with Gasteiger partial charge in [0, 0.05) is 31.9 Å². The maximum absolute atomic E-state index is 6.39. The van der Waals surface area contributed by atoms with Crippen molar-refractivity contribution in [3.05, 3.63) is 35.4 Å². The Morgan fingerprint density at radius 2 is 2.12 bits per heavy atom. The van der Waals surface area contributed by atoms with Crippen molar-refractivity contribution in [3.8, 4) is 11.5 Å². The first-order chi connectivity index (χ1) is 12.3. The molecule has 1 fully saturated rings. The predicted octanol–water partition coefficient (Wildman–Crippen LogP) is 2.03. The van der Waals surface area contributed by atoms with E-state index in [1.54, 1.807) is 7.11 Å². The zero-order chi connectivity index (χ0) is 17.0. The monoisotopic (exact) mass is 345 g/mol. The van der Waals surface area contributed by atoms with Crippen molar-refractivity contribution in [2.45, 2.75) is 43.3 Å². The van der Waals surface area contributed by atoms with Crippen LogP contribution in [0.3, 0.4) is 0 Å². The number of benzene rings is 1. The van der Waals surface area contributed by atoms with Gasteiger partial charge in [-0.1, -0.05) is 12.2 Å². The van der Waals surface area contributed by atoms with Crippen molar-refractivity contribution < 1.29 is 23.7 Å². The molecule has 3 aliphatic heterocycles. The molecular weight excluding hydrogens is 322 g/mol. The zero-order valence-corrected chi connectivity index (χ0v) is 14.5. The van der Waals surface area contributed by atoms with Crippen LogP contribution in [0.5, 0.6) is 11.5 Å². The molecule has 0 bridgehead atoms. The van der Waals surface area contributed by atoms with Gasteiger partial charge in [-0.15, -0.1) is 0 Å². The fourth-order valence-electron chi connectivity index (χ4n) is 4.71. The molecule has 1 saturated heterocycles. The highest BCUT2D eigenvalue weighted by molar-refractivity contribution is 5.56. The molecule has 6 heteroatoms. The Labute approximate surface area is 147 Å². The van der Waals surface area contributed by atoms with Gasteiger partial charge in [0.15, 0.2) is 17.8 Å². The second-order valence-corrected chi connectivity index (χ2v) is 6.97. The molecule has 1 aliphatic carbocycles. The first-order valence-electron chi connectivity index (χ1n) is 8.93. The summed E-state index contributed by atoms with van der Waals surface area (Å²) in [6, 6.07) is 4.40. The molecule has 6 nitrogen and oxygen atoms in total. The quantitative estimate of drug-likeness (QED) is 0.846. The first kappa shape index (κ1) is 15.6. The first-order valence-corrected chi connectivity index (χ1v) is 8.93. The predicted molar refractivity (Wildman–Crippen MR) is 89.8 cm³/mol. The third-order valence-corrected chi connectivity index (χ3v) is 5.89. The highest BCUT2D eigenvalue weighted by Gasteiger charge is 2.57. The minimum atomic E-state index is -0.376. The summed E-state index contributed by atoms with van der Waals surface area (Å²) in [6.07, 6.45) is 5.12. The van der Waals surface area contributed by atoms with Crippen LogP contribution in [-0.4, -0.2) is 45.3 Å². The second kappa shape index (κ2) is 5.71. The van der Waals surface area contributed by atoms with Crippen LogP contribution in [0.2, 0.25) is 0 Å². The Kier molecular flexibility index (Phi) is 3.57. The highest BCUT2D eigenvalue weighted by atomic mass is 16.7. The van der Waals surface area contributed by atoms with Gasteiger partial charge in [-0.25, -0.2) is 0 Å². The summed E-state index contributed by atoms with van der Waals surface area (Å²) in [4.78, 5) is 0. The van der Waals surface area contributed by atoms with Crippen molar-refractivity contribution in [1.29, 1.82) is 0 Å². The molecule has 1 aromatic rings. The number of methoxy groups -OCH3 is 1. The summed E-state index contributed by atoms with van der Waals surface area (Å²) in [7, 11) is 1.76. The van der Waals surface area contributed by atoms with E-state index in [-0.39, 0.29) is 36.7 Å². The van der Waals surface area contributed by atoms with Crippen LogP contribution in [0.25, 0.3) is 0 Å². The fourth-order valence-corrected chi connectivity index (χ4v) is 4.71. The number of fused-ring (bicyclic) bond motifs is 2. The van der Waals surface area contributed by atoms with Crippen LogP contribution >= 0.6 is 0 Å². The lowest BCUT2D eigenvalue weighted by atomic mass is 9.65. The van der Waals surface area contributed by atoms with Crippen molar-refractivity contribution in [3.63, 3.8) is 0 Å². The third-order valence-electron chi connectivity index (χ3n) is 5.89. The molecule has 1 aromatic carbocycles. The van der Waals surface area contributed by atoms with E-state index in [1.165, 1.54) is 5.56 Å². The van der Waals surface area contributed by atoms with E-state index in [1.807, 2.05) is 13.0 Å². The number of hydrogen-bond donors (Lipinski definition) is 1. The molecule has 25 heavy (non-hydrogen) atoms. The lowest BCUT2D eigenvalue weighted by Crippen LogP contribution is -2.52. The maximum Gasteiger partial charge on any atom is 0.231 e. The van der Waals surface area contributed by atoms with E-state index in [0.29, 0.717) is 6.61 Å². The SMILES string of the molecule is CCO[C@@H]1O[C@@H]2CN[C@@H]3C[C@@H](OC)C=C[C@@]32c2cc3c(cc21)OCO3. The second-order valence-electron chi connectivity index (χ2n) is 6.97. The minimum absolute atomic E-state index is 0.0241. The van der Waals surface area contributed by atoms with Gasteiger partial charge in [0.2, 0.25) is 6.79 Å². The van der Waals surface area contributed by atoms with Crippen LogP contribution in [-0.2, 0) is 19.6 Å². The van der Waals surface area contributed by atoms with Gasteiger partial charge in [-0.05, 0) is 31.0 Å². The molecule has 0 unspecified atom stereocenters. The average molecular weight is 345 g/mol. The van der Waals surface area contributed by atoms with Gasteiger partial charge in [0.05, 0.1) is 17.6 Å². The summed E-state index contributed by atoms with van der Waals surface area (Å²) >= 11 is 0. The van der Waals surface area contributed by atoms with Gasteiger partial charge in [0.25, 0.3) is 0 Å². The number of ether oxygens (including phenoxy) is 5. The normalized spacial score (nSPS) is 37.5. The lowest BCUT2D eigenvalue weighted by Gasteiger charge is -2.46. The van der Waals surface area contributed by atoms with Crippen molar-refractivity contribution in [2.24, 2.45) is 0 Å². The molecule has 134 valence electrons. The molecule has 1 spiro atoms. The van der Waals surface area contributed by atoms with Gasteiger partial charge < -0.3 is 29.0 Å². The van der Waals surface area contributed by atoms with E-state index in [9.17, 15) is 0 Å². The molecule has 1 N–H and O–H groups in total. The zero-order valence-electron chi connectivity index (χ0n) is 14.5.